The van der Waals surface area contributed by atoms with Crippen LogP contribution in [-0.2, 0) is 6.54 Å². The molecule has 2 aromatic carbocycles. The molecule has 0 aliphatic carbocycles. The van der Waals surface area contributed by atoms with E-state index in [0.717, 1.165) is 10.6 Å². The summed E-state index contributed by atoms with van der Waals surface area (Å²) >= 11 is 0. The van der Waals surface area contributed by atoms with Crippen molar-refractivity contribution in [2.75, 3.05) is 7.11 Å². The summed E-state index contributed by atoms with van der Waals surface area (Å²) in [5.74, 6) is 0.291. The fourth-order valence-corrected chi connectivity index (χ4v) is 1.91. The Morgan fingerprint density at radius 1 is 1.14 bits per heavy atom. The first-order chi connectivity index (χ1) is 10.2. The second-order valence-electron chi connectivity index (χ2n) is 4.46. The van der Waals surface area contributed by atoms with Crippen LogP contribution in [0.2, 0.25) is 0 Å². The van der Waals surface area contributed by atoms with Gasteiger partial charge in [0.1, 0.15) is 5.75 Å². The molecule has 21 heavy (non-hydrogen) atoms. The lowest BCUT2D eigenvalue weighted by atomic mass is 10.1. The van der Waals surface area contributed by atoms with Crippen LogP contribution >= 0.6 is 0 Å². The minimum Gasteiger partial charge on any atom is -0.496 e. The molecule has 0 aromatic heterocycles. The van der Waals surface area contributed by atoms with Crippen LogP contribution in [0.3, 0.4) is 0 Å². The van der Waals surface area contributed by atoms with Gasteiger partial charge in [-0.2, -0.15) is 0 Å². The van der Waals surface area contributed by atoms with E-state index in [1.807, 2.05) is 30.3 Å². The third kappa shape index (κ3) is 4.19. The van der Waals surface area contributed by atoms with Crippen molar-refractivity contribution >= 4 is 5.78 Å². The molecule has 108 valence electrons. The Bertz CT molecular complexity index is 623. The number of hydrogen-bond donors (Lipinski definition) is 1. The summed E-state index contributed by atoms with van der Waals surface area (Å²) in [5.41, 5.74) is 1.42. The molecule has 4 heteroatoms. The fourth-order valence-electron chi connectivity index (χ4n) is 1.91. The van der Waals surface area contributed by atoms with Gasteiger partial charge in [0.2, 0.25) is 0 Å². The quantitative estimate of drug-likeness (QED) is 0.502. The summed E-state index contributed by atoms with van der Waals surface area (Å²) in [6, 6.07) is 16.5. The summed E-state index contributed by atoms with van der Waals surface area (Å²) in [4.78, 5) is 12.1. The van der Waals surface area contributed by atoms with Crippen LogP contribution in [0.25, 0.3) is 0 Å². The zero-order chi connectivity index (χ0) is 15.1. The fraction of sp³-hybridized carbons (Fsp3) is 0.118. The molecular weight excluding hydrogens is 266 g/mol. The van der Waals surface area contributed by atoms with Gasteiger partial charge in [0.15, 0.2) is 5.78 Å². The van der Waals surface area contributed by atoms with Crippen molar-refractivity contribution in [3.63, 3.8) is 0 Å². The van der Waals surface area contributed by atoms with Crippen LogP contribution < -0.4 is 4.74 Å². The first-order valence-corrected chi connectivity index (χ1v) is 6.55. The molecule has 0 radical (unpaired) electrons. The predicted octanol–water partition coefficient (Wildman–Crippen LogP) is 3.28. The van der Waals surface area contributed by atoms with Crippen molar-refractivity contribution < 1.29 is 14.7 Å². The van der Waals surface area contributed by atoms with Crippen LogP contribution in [-0.4, -0.2) is 23.2 Å². The first-order valence-electron chi connectivity index (χ1n) is 6.55. The Labute approximate surface area is 123 Å². The molecule has 2 rings (SSSR count). The summed E-state index contributed by atoms with van der Waals surface area (Å²) in [7, 11) is 1.52. The third-order valence-electron chi connectivity index (χ3n) is 2.96. The van der Waals surface area contributed by atoms with Gasteiger partial charge in [-0.25, -0.2) is 0 Å². The van der Waals surface area contributed by atoms with Crippen LogP contribution in [0.5, 0.6) is 5.75 Å². The Balaban J connectivity index is 2.01. The molecule has 4 nitrogen and oxygen atoms in total. The average molecular weight is 283 g/mol. The van der Waals surface area contributed by atoms with Crippen molar-refractivity contribution in [3.8, 4) is 5.75 Å². The lowest BCUT2D eigenvalue weighted by molar-refractivity contribution is -0.0491. The number of hydroxylamine groups is 2. The maximum Gasteiger partial charge on any atom is 0.191 e. The maximum absolute atomic E-state index is 12.1. The minimum atomic E-state index is -0.223. The summed E-state index contributed by atoms with van der Waals surface area (Å²) in [6.07, 6.45) is 2.67. The standard InChI is InChI=1S/C17H17NO3/c1-21-17-10-6-5-9-15(17)16(19)11-12-18(20)13-14-7-3-2-4-8-14/h2-12,20H,13H2,1H3/b12-11+. The number of benzene rings is 2. The molecule has 0 atom stereocenters. The van der Waals surface area contributed by atoms with E-state index in [9.17, 15) is 10.0 Å². The summed E-state index contributed by atoms with van der Waals surface area (Å²) in [5, 5.41) is 10.8. The van der Waals surface area contributed by atoms with Gasteiger partial charge >= 0.3 is 0 Å². The molecule has 0 spiro atoms. The molecule has 0 fully saturated rings. The Kier molecular flexibility index (Phi) is 5.12. The number of allylic oxidation sites excluding steroid dienone is 1. The first kappa shape index (κ1) is 14.8. The normalized spacial score (nSPS) is 10.6. The van der Waals surface area contributed by atoms with Crippen LogP contribution in [0, 0.1) is 0 Å². The molecule has 0 aliphatic heterocycles. The number of para-hydroxylation sites is 1. The zero-order valence-electron chi connectivity index (χ0n) is 11.8. The SMILES string of the molecule is COc1ccccc1C(=O)/C=C/N(O)Cc1ccccc1. The lowest BCUT2D eigenvalue weighted by Gasteiger charge is -2.11. The number of hydrogen-bond acceptors (Lipinski definition) is 4. The van der Waals surface area contributed by atoms with Gasteiger partial charge in [0.05, 0.1) is 19.2 Å². The summed E-state index contributed by atoms with van der Waals surface area (Å²) < 4.78 is 5.14. The number of nitrogens with zero attached hydrogens (tertiary/aromatic N) is 1. The van der Waals surface area contributed by atoms with E-state index in [1.54, 1.807) is 24.3 Å². The molecule has 0 saturated heterocycles. The lowest BCUT2D eigenvalue weighted by Crippen LogP contribution is -2.11. The van der Waals surface area contributed by atoms with Crippen molar-refractivity contribution in [2.24, 2.45) is 0 Å². The largest absolute Gasteiger partial charge is 0.496 e. The van der Waals surface area contributed by atoms with Crippen LogP contribution in [0.15, 0.2) is 66.9 Å². The van der Waals surface area contributed by atoms with Crippen molar-refractivity contribution in [1.29, 1.82) is 0 Å². The smallest absolute Gasteiger partial charge is 0.191 e. The second kappa shape index (κ2) is 7.26. The molecule has 0 saturated carbocycles. The Morgan fingerprint density at radius 3 is 2.52 bits per heavy atom. The van der Waals surface area contributed by atoms with Gasteiger partial charge < -0.3 is 4.74 Å². The maximum atomic E-state index is 12.1. The molecule has 0 heterocycles. The minimum absolute atomic E-state index is 0.223. The number of ketones is 1. The van der Waals surface area contributed by atoms with Gasteiger partial charge in [-0.1, -0.05) is 42.5 Å². The highest BCUT2D eigenvalue weighted by Crippen LogP contribution is 2.18. The molecular formula is C17H17NO3. The number of carbonyl (C=O) groups excluding carboxylic acids is 1. The van der Waals surface area contributed by atoms with Gasteiger partial charge in [0, 0.05) is 12.3 Å². The predicted molar refractivity (Wildman–Crippen MR) is 80.2 cm³/mol. The Hall–Kier alpha value is -2.59. The van der Waals surface area contributed by atoms with Crippen molar-refractivity contribution in [1.82, 2.24) is 5.06 Å². The molecule has 0 unspecified atom stereocenters. The van der Waals surface area contributed by atoms with Gasteiger partial charge in [-0.3, -0.25) is 15.1 Å². The second-order valence-corrected chi connectivity index (χ2v) is 4.46. The third-order valence-corrected chi connectivity index (χ3v) is 2.96. The topological polar surface area (TPSA) is 49.8 Å². The average Bonchev–Trinajstić information content (AvgIpc) is 2.53. The summed E-state index contributed by atoms with van der Waals surface area (Å²) in [6.45, 7) is 0.316. The molecule has 0 amide bonds. The monoisotopic (exact) mass is 283 g/mol. The molecule has 0 bridgehead atoms. The highest BCUT2D eigenvalue weighted by atomic mass is 16.5. The zero-order valence-corrected chi connectivity index (χ0v) is 11.8. The van der Waals surface area contributed by atoms with Gasteiger partial charge in [0.25, 0.3) is 0 Å². The number of ether oxygens (including phenoxy) is 1. The molecule has 1 N–H and O–H groups in total. The van der Waals surface area contributed by atoms with E-state index in [-0.39, 0.29) is 5.78 Å². The van der Waals surface area contributed by atoms with Crippen molar-refractivity contribution in [2.45, 2.75) is 6.54 Å². The highest BCUT2D eigenvalue weighted by molar-refractivity contribution is 6.06. The highest BCUT2D eigenvalue weighted by Gasteiger charge is 2.08. The molecule has 2 aromatic rings. The number of methoxy groups -OCH3 is 1. The van der Waals surface area contributed by atoms with Crippen LogP contribution in [0.4, 0.5) is 0 Å². The number of carbonyl (C=O) groups is 1. The van der Waals surface area contributed by atoms with Crippen LogP contribution in [0.1, 0.15) is 15.9 Å². The molecule has 0 aliphatic rings. The van der Waals surface area contributed by atoms with E-state index in [0.29, 0.717) is 17.9 Å². The number of rotatable bonds is 6. The van der Waals surface area contributed by atoms with E-state index in [2.05, 4.69) is 0 Å². The van der Waals surface area contributed by atoms with E-state index in [4.69, 9.17) is 4.74 Å². The van der Waals surface area contributed by atoms with Gasteiger partial charge in [-0.05, 0) is 17.7 Å². The Morgan fingerprint density at radius 2 is 1.81 bits per heavy atom. The van der Waals surface area contributed by atoms with Crippen molar-refractivity contribution in [3.05, 3.63) is 78.0 Å². The van der Waals surface area contributed by atoms with E-state index < -0.39 is 0 Å². The van der Waals surface area contributed by atoms with E-state index >= 15 is 0 Å². The van der Waals surface area contributed by atoms with E-state index in [1.165, 1.54) is 19.4 Å². The van der Waals surface area contributed by atoms with Gasteiger partial charge in [-0.15, -0.1) is 0 Å².